The van der Waals surface area contributed by atoms with E-state index in [2.05, 4.69) is 38.7 Å². The number of hydrogen-bond donors (Lipinski definition) is 1. The molecule has 19 heavy (non-hydrogen) atoms. The Morgan fingerprint density at radius 1 is 1.26 bits per heavy atom. The lowest BCUT2D eigenvalue weighted by molar-refractivity contribution is 0.142. The van der Waals surface area contributed by atoms with Crippen LogP contribution in [0.4, 0.5) is 5.69 Å². The molecule has 0 saturated heterocycles. The summed E-state index contributed by atoms with van der Waals surface area (Å²) < 4.78 is 5.69. The number of benzene rings is 1. The maximum Gasteiger partial charge on any atom is 0.143 e. The Bertz CT molecular complexity index is 441. The van der Waals surface area contributed by atoms with Crippen molar-refractivity contribution in [2.45, 2.75) is 39.8 Å². The van der Waals surface area contributed by atoms with Gasteiger partial charge in [-0.2, -0.15) is 5.26 Å². The number of nitrogen functional groups attached to an aromatic ring is 1. The molecular weight excluding hydrogens is 238 g/mol. The zero-order valence-electron chi connectivity index (χ0n) is 12.2. The molecule has 4 heteroatoms. The fourth-order valence-electron chi connectivity index (χ4n) is 2.10. The highest BCUT2D eigenvalue weighted by molar-refractivity contribution is 5.55. The highest BCUT2D eigenvalue weighted by Gasteiger charge is 2.13. The average molecular weight is 261 g/mol. The smallest absolute Gasteiger partial charge is 0.143 e. The molecule has 0 fully saturated rings. The number of anilines is 1. The van der Waals surface area contributed by atoms with Crippen molar-refractivity contribution in [2.24, 2.45) is 0 Å². The van der Waals surface area contributed by atoms with Crippen LogP contribution in [-0.2, 0) is 0 Å². The highest BCUT2D eigenvalue weighted by Crippen LogP contribution is 2.22. The summed E-state index contributed by atoms with van der Waals surface area (Å²) in [5.41, 5.74) is 6.97. The number of nitrogens with two attached hydrogens (primary N) is 1. The van der Waals surface area contributed by atoms with E-state index < -0.39 is 0 Å². The van der Waals surface area contributed by atoms with Crippen LogP contribution in [-0.4, -0.2) is 30.1 Å². The Hall–Kier alpha value is -1.73. The van der Waals surface area contributed by atoms with Gasteiger partial charge in [0.15, 0.2) is 0 Å². The Morgan fingerprint density at radius 3 is 2.42 bits per heavy atom. The first-order valence-corrected chi connectivity index (χ1v) is 6.64. The van der Waals surface area contributed by atoms with Crippen molar-refractivity contribution in [3.63, 3.8) is 0 Å². The molecule has 0 atom stereocenters. The van der Waals surface area contributed by atoms with Crippen molar-refractivity contribution in [3.8, 4) is 11.8 Å². The molecule has 0 amide bonds. The number of ether oxygens (including phenoxy) is 1. The highest BCUT2D eigenvalue weighted by atomic mass is 16.5. The maximum atomic E-state index is 8.86. The summed E-state index contributed by atoms with van der Waals surface area (Å²) in [5.74, 6) is 0.589. The number of rotatable bonds is 6. The normalized spacial score (nSPS) is 11.1. The van der Waals surface area contributed by atoms with Gasteiger partial charge < -0.3 is 10.5 Å². The first-order chi connectivity index (χ1) is 8.95. The molecule has 104 valence electrons. The lowest BCUT2D eigenvalue weighted by atomic mass is 10.2. The first kappa shape index (κ1) is 15.3. The largest absolute Gasteiger partial charge is 0.490 e. The fraction of sp³-hybridized carbons (Fsp3) is 0.533. The van der Waals surface area contributed by atoms with Crippen molar-refractivity contribution >= 4 is 5.69 Å². The molecule has 0 unspecified atom stereocenters. The lowest BCUT2D eigenvalue weighted by Gasteiger charge is -2.30. The molecule has 1 aromatic rings. The van der Waals surface area contributed by atoms with Crippen LogP contribution in [0, 0.1) is 11.3 Å². The quantitative estimate of drug-likeness (QED) is 0.800. The fourth-order valence-corrected chi connectivity index (χ4v) is 2.10. The van der Waals surface area contributed by atoms with E-state index in [1.807, 2.05) is 0 Å². The molecule has 0 radical (unpaired) electrons. The second-order valence-electron chi connectivity index (χ2n) is 5.14. The molecular formula is C15H23N3O. The van der Waals surface area contributed by atoms with E-state index in [1.54, 1.807) is 18.2 Å². The Labute approximate surface area is 115 Å². The third kappa shape index (κ3) is 4.46. The zero-order chi connectivity index (χ0) is 14.4. The van der Waals surface area contributed by atoms with Gasteiger partial charge in [-0.1, -0.05) is 0 Å². The van der Waals surface area contributed by atoms with Crippen LogP contribution in [0.3, 0.4) is 0 Å². The van der Waals surface area contributed by atoms with Crippen LogP contribution in [0.15, 0.2) is 18.2 Å². The summed E-state index contributed by atoms with van der Waals surface area (Å²) in [4.78, 5) is 2.35. The van der Waals surface area contributed by atoms with Crippen molar-refractivity contribution in [1.29, 1.82) is 5.26 Å². The third-order valence-corrected chi connectivity index (χ3v) is 3.08. The summed E-state index contributed by atoms with van der Waals surface area (Å²) >= 11 is 0. The minimum atomic E-state index is 0.478. The van der Waals surface area contributed by atoms with Gasteiger partial charge in [-0.25, -0.2) is 0 Å². The molecule has 1 rings (SSSR count). The van der Waals surface area contributed by atoms with Gasteiger partial charge in [-0.15, -0.1) is 0 Å². The number of nitrogens with zero attached hydrogens (tertiary/aromatic N) is 2. The topological polar surface area (TPSA) is 62.3 Å². The van der Waals surface area contributed by atoms with Crippen LogP contribution in [0.2, 0.25) is 0 Å². The predicted molar refractivity (Wildman–Crippen MR) is 78.0 cm³/mol. The second kappa shape index (κ2) is 7.01. The molecule has 0 aliphatic carbocycles. The van der Waals surface area contributed by atoms with Crippen molar-refractivity contribution in [1.82, 2.24) is 4.90 Å². The molecule has 0 aromatic heterocycles. The minimum absolute atomic E-state index is 0.478. The second-order valence-corrected chi connectivity index (χ2v) is 5.14. The molecule has 1 aromatic carbocycles. The monoisotopic (exact) mass is 261 g/mol. The van der Waals surface area contributed by atoms with Crippen LogP contribution < -0.4 is 10.5 Å². The van der Waals surface area contributed by atoms with Crippen LogP contribution >= 0.6 is 0 Å². The van der Waals surface area contributed by atoms with Gasteiger partial charge in [0.2, 0.25) is 0 Å². The van der Waals surface area contributed by atoms with E-state index in [0.717, 1.165) is 6.54 Å². The minimum Gasteiger partial charge on any atom is -0.490 e. The van der Waals surface area contributed by atoms with Gasteiger partial charge >= 0.3 is 0 Å². The van der Waals surface area contributed by atoms with Gasteiger partial charge in [-0.3, -0.25) is 4.90 Å². The predicted octanol–water partition coefficient (Wildman–Crippen LogP) is 2.64. The van der Waals surface area contributed by atoms with E-state index in [1.165, 1.54) is 0 Å². The van der Waals surface area contributed by atoms with Gasteiger partial charge in [-0.05, 0) is 39.8 Å². The summed E-state index contributed by atoms with van der Waals surface area (Å²) in [7, 11) is 0. The molecule has 0 spiro atoms. The van der Waals surface area contributed by atoms with Gasteiger partial charge in [0.25, 0.3) is 0 Å². The maximum absolute atomic E-state index is 8.86. The van der Waals surface area contributed by atoms with E-state index in [0.29, 0.717) is 35.7 Å². The molecule has 0 saturated carbocycles. The van der Waals surface area contributed by atoms with Crippen LogP contribution in [0.25, 0.3) is 0 Å². The van der Waals surface area contributed by atoms with E-state index >= 15 is 0 Å². The van der Waals surface area contributed by atoms with Gasteiger partial charge in [0.05, 0.1) is 17.3 Å². The van der Waals surface area contributed by atoms with Crippen LogP contribution in [0.5, 0.6) is 5.75 Å². The lowest BCUT2D eigenvalue weighted by Crippen LogP contribution is -2.39. The molecule has 0 aliphatic heterocycles. The summed E-state index contributed by atoms with van der Waals surface area (Å²) in [5, 5.41) is 8.86. The van der Waals surface area contributed by atoms with Crippen molar-refractivity contribution in [2.75, 3.05) is 18.9 Å². The molecule has 4 nitrogen and oxygen atoms in total. The average Bonchev–Trinajstić information content (AvgIpc) is 2.35. The first-order valence-electron chi connectivity index (χ1n) is 6.64. The molecule has 2 N–H and O–H groups in total. The molecule has 0 aliphatic rings. The van der Waals surface area contributed by atoms with E-state index in [9.17, 15) is 0 Å². The summed E-state index contributed by atoms with van der Waals surface area (Å²) in [6.45, 7) is 10.1. The standard InChI is InChI=1S/C15H23N3O/c1-11(2)18(12(3)4)7-8-19-15-9-13(10-16)5-6-14(15)17/h5-6,9,11-12H,7-8,17H2,1-4H3. The summed E-state index contributed by atoms with van der Waals surface area (Å²) in [6, 6.07) is 8.12. The Balaban J connectivity index is 2.60. The third-order valence-electron chi connectivity index (χ3n) is 3.08. The summed E-state index contributed by atoms with van der Waals surface area (Å²) in [6.07, 6.45) is 0. The van der Waals surface area contributed by atoms with Gasteiger partial charge in [0.1, 0.15) is 12.4 Å². The SMILES string of the molecule is CC(C)N(CCOc1cc(C#N)ccc1N)C(C)C. The Kier molecular flexibility index (Phi) is 5.65. The van der Waals surface area contributed by atoms with Crippen molar-refractivity contribution < 1.29 is 4.74 Å². The van der Waals surface area contributed by atoms with E-state index in [4.69, 9.17) is 15.7 Å². The number of nitriles is 1. The van der Waals surface area contributed by atoms with Crippen molar-refractivity contribution in [3.05, 3.63) is 23.8 Å². The molecule has 0 bridgehead atoms. The zero-order valence-corrected chi connectivity index (χ0v) is 12.2. The van der Waals surface area contributed by atoms with Gasteiger partial charge in [0, 0.05) is 24.7 Å². The molecule has 0 heterocycles. The van der Waals surface area contributed by atoms with E-state index in [-0.39, 0.29) is 0 Å². The number of hydrogen-bond acceptors (Lipinski definition) is 4. The Morgan fingerprint density at radius 2 is 1.89 bits per heavy atom. The van der Waals surface area contributed by atoms with Crippen LogP contribution in [0.1, 0.15) is 33.3 Å².